The predicted molar refractivity (Wildman–Crippen MR) is 370 cm³/mol. The van der Waals surface area contributed by atoms with Crippen molar-refractivity contribution in [3.05, 3.63) is 272 Å². The lowest BCUT2D eigenvalue weighted by molar-refractivity contribution is 0.590. The van der Waals surface area contributed by atoms with Crippen LogP contribution in [-0.4, -0.2) is 15.8 Å². The lowest BCUT2D eigenvalue weighted by atomic mass is 9.33. The van der Waals surface area contributed by atoms with Gasteiger partial charge in [-0.15, -0.1) is 11.3 Å². The van der Waals surface area contributed by atoms with Crippen LogP contribution in [0.2, 0.25) is 0 Å². The summed E-state index contributed by atoms with van der Waals surface area (Å²) >= 11 is 1.91. The van der Waals surface area contributed by atoms with Crippen LogP contribution >= 0.6 is 11.3 Å². The molecule has 3 aromatic heterocycles. The van der Waals surface area contributed by atoms with Crippen LogP contribution in [0.15, 0.2) is 261 Å². The zero-order valence-electron chi connectivity index (χ0n) is 48.7. The van der Waals surface area contributed by atoms with E-state index in [0.717, 1.165) is 36.3 Å². The summed E-state index contributed by atoms with van der Waals surface area (Å²) < 4.78 is 7.62. The van der Waals surface area contributed by atoms with Crippen LogP contribution in [0.25, 0.3) is 97.4 Å². The second kappa shape index (κ2) is 19.6. The van der Waals surface area contributed by atoms with Gasteiger partial charge in [0, 0.05) is 87.0 Å². The molecule has 6 heteroatoms. The molecular formula is C80H61BN4S. The first-order chi connectivity index (χ1) is 42.3. The molecule has 0 aliphatic carbocycles. The SMILES string of the molecule is CCCCc1cc2c(cc1N1c3cc(-n4c5ccccc5c5ccccc54)ccc3B3c4ccc(-n5c6ccccc6c6ccccc65)cc4N(c4c(-c5ccccc5)cccc4-c4ccccc4)c4cc(C(C)(C)C)cc1c43)sc1ccccc12. The van der Waals surface area contributed by atoms with Gasteiger partial charge in [-0.3, -0.25) is 0 Å². The van der Waals surface area contributed by atoms with Gasteiger partial charge in [-0.2, -0.15) is 0 Å². The molecule has 17 rings (SSSR count). The number of benzene rings is 12. The fourth-order valence-electron chi connectivity index (χ4n) is 14.6. The molecule has 410 valence electrons. The molecule has 0 bridgehead atoms. The Bertz CT molecular complexity index is 5070. The summed E-state index contributed by atoms with van der Waals surface area (Å²) in [7, 11) is 0. The van der Waals surface area contributed by atoms with Gasteiger partial charge in [-0.25, -0.2) is 0 Å². The zero-order chi connectivity index (χ0) is 57.4. The van der Waals surface area contributed by atoms with Crippen molar-refractivity contribution in [2.24, 2.45) is 0 Å². The molecule has 0 radical (unpaired) electrons. The number of fused-ring (bicyclic) bond motifs is 13. The highest BCUT2D eigenvalue weighted by Gasteiger charge is 2.46. The van der Waals surface area contributed by atoms with Crippen LogP contribution in [-0.2, 0) is 11.8 Å². The maximum Gasteiger partial charge on any atom is 0.252 e. The van der Waals surface area contributed by atoms with Gasteiger partial charge in [-0.05, 0) is 136 Å². The van der Waals surface area contributed by atoms with Crippen molar-refractivity contribution in [1.82, 2.24) is 9.13 Å². The van der Waals surface area contributed by atoms with E-state index in [0.29, 0.717) is 0 Å². The van der Waals surface area contributed by atoms with E-state index in [1.165, 1.54) is 142 Å². The first kappa shape index (κ1) is 50.6. The van der Waals surface area contributed by atoms with E-state index >= 15 is 0 Å². The number of rotatable bonds is 9. The Morgan fingerprint density at radius 2 is 0.849 bits per heavy atom. The van der Waals surface area contributed by atoms with Gasteiger partial charge in [0.05, 0.1) is 33.4 Å². The molecule has 4 nitrogen and oxygen atoms in total. The Hall–Kier alpha value is -9.88. The number of aromatic nitrogens is 2. The Labute approximate surface area is 506 Å². The second-order valence-electron chi connectivity index (χ2n) is 24.6. The van der Waals surface area contributed by atoms with E-state index < -0.39 is 0 Å². The van der Waals surface area contributed by atoms with Gasteiger partial charge in [0.25, 0.3) is 6.71 Å². The van der Waals surface area contributed by atoms with Crippen molar-refractivity contribution in [3.8, 4) is 33.6 Å². The summed E-state index contributed by atoms with van der Waals surface area (Å²) in [5.74, 6) is 0. The first-order valence-corrected chi connectivity index (χ1v) is 31.3. The summed E-state index contributed by atoms with van der Waals surface area (Å²) in [5.41, 5.74) is 25.2. The molecular weight excluding hydrogens is 1060 g/mol. The van der Waals surface area contributed by atoms with Crippen LogP contribution in [0.4, 0.5) is 34.1 Å². The van der Waals surface area contributed by atoms with Crippen LogP contribution in [0.3, 0.4) is 0 Å². The van der Waals surface area contributed by atoms with Crippen molar-refractivity contribution >= 4 is 132 Å². The molecule has 12 aromatic carbocycles. The van der Waals surface area contributed by atoms with Gasteiger partial charge in [0.15, 0.2) is 0 Å². The van der Waals surface area contributed by atoms with Crippen molar-refractivity contribution < 1.29 is 0 Å². The third-order valence-corrected chi connectivity index (χ3v) is 19.8. The minimum absolute atomic E-state index is 0.137. The topological polar surface area (TPSA) is 16.3 Å². The van der Waals surface area contributed by atoms with Crippen LogP contribution in [0.1, 0.15) is 51.7 Å². The molecule has 2 aliphatic heterocycles. The summed E-state index contributed by atoms with van der Waals surface area (Å²) in [4.78, 5) is 5.42. The largest absolute Gasteiger partial charge is 0.311 e. The summed E-state index contributed by atoms with van der Waals surface area (Å²) in [6, 6.07) is 98.9. The standard InChI is InChI=1S/C80H61BN4S/c1-5-6-24-53-45-64-63-33-17-22-40-76(63)86-77(64)50-71(53)84-72-48-55(82-67-36-18-13-29-59(67)60-30-14-19-37-68(60)82)41-43-65(72)81-66-44-42-56(83-69-38-20-15-31-61(69)62-32-16-21-39-70(62)83)49-73(66)85(75-47-54(80(2,3)4)46-74(84)78(75)81)79-57(51-25-9-7-10-26-51)34-23-35-58(79)52-27-11-8-12-28-52/h7-23,25-50H,5-6,24H2,1-4H3. The van der Waals surface area contributed by atoms with E-state index in [1.807, 2.05) is 11.3 Å². The Balaban J connectivity index is 1.03. The van der Waals surface area contributed by atoms with Gasteiger partial charge >= 0.3 is 0 Å². The number of unbranched alkanes of at least 4 members (excludes halogenated alkanes) is 1. The molecule has 5 heterocycles. The lowest BCUT2D eigenvalue weighted by Gasteiger charge is -2.46. The molecule has 0 N–H and O–H groups in total. The second-order valence-corrected chi connectivity index (χ2v) is 25.7. The fourth-order valence-corrected chi connectivity index (χ4v) is 15.8. The molecule has 15 aromatic rings. The average Bonchev–Trinajstić information content (AvgIpc) is 1.08. The first-order valence-electron chi connectivity index (χ1n) is 30.5. The normalized spacial score (nSPS) is 13.0. The highest BCUT2D eigenvalue weighted by Crippen LogP contribution is 2.53. The monoisotopic (exact) mass is 1120 g/mol. The average molecular weight is 1120 g/mol. The zero-order valence-corrected chi connectivity index (χ0v) is 49.5. The molecule has 0 fully saturated rings. The van der Waals surface area contributed by atoms with Gasteiger partial charge in [0.2, 0.25) is 0 Å². The van der Waals surface area contributed by atoms with Crippen molar-refractivity contribution in [3.63, 3.8) is 0 Å². The van der Waals surface area contributed by atoms with E-state index in [9.17, 15) is 0 Å². The Morgan fingerprint density at radius 1 is 0.384 bits per heavy atom. The molecule has 86 heavy (non-hydrogen) atoms. The van der Waals surface area contributed by atoms with Crippen LogP contribution < -0.4 is 26.2 Å². The maximum atomic E-state index is 2.73. The molecule has 0 saturated heterocycles. The van der Waals surface area contributed by atoms with Crippen LogP contribution in [0, 0.1) is 0 Å². The number of aryl methyl sites for hydroxylation is 1. The highest BCUT2D eigenvalue weighted by atomic mass is 32.1. The van der Waals surface area contributed by atoms with Gasteiger partial charge < -0.3 is 18.9 Å². The molecule has 0 unspecified atom stereocenters. The Morgan fingerprint density at radius 3 is 1.36 bits per heavy atom. The third kappa shape index (κ3) is 7.68. The highest BCUT2D eigenvalue weighted by molar-refractivity contribution is 7.25. The number of nitrogens with zero attached hydrogens (tertiary/aromatic N) is 4. The summed E-state index contributed by atoms with van der Waals surface area (Å²) in [5, 5.41) is 7.67. The van der Waals surface area contributed by atoms with Gasteiger partial charge in [0.1, 0.15) is 0 Å². The quantitative estimate of drug-likeness (QED) is 0.134. The van der Waals surface area contributed by atoms with E-state index in [4.69, 9.17) is 0 Å². The molecule has 0 spiro atoms. The fraction of sp³-hybridized carbons (Fsp3) is 0.100. The van der Waals surface area contributed by atoms with Crippen molar-refractivity contribution in [2.45, 2.75) is 52.4 Å². The molecule has 0 saturated carbocycles. The molecule has 0 atom stereocenters. The smallest absolute Gasteiger partial charge is 0.252 e. The number of anilines is 6. The van der Waals surface area contributed by atoms with Gasteiger partial charge in [-0.1, -0.05) is 216 Å². The number of para-hydroxylation sites is 5. The van der Waals surface area contributed by atoms with Crippen molar-refractivity contribution in [1.29, 1.82) is 0 Å². The van der Waals surface area contributed by atoms with E-state index in [2.05, 4.69) is 307 Å². The molecule has 0 amide bonds. The number of hydrogen-bond acceptors (Lipinski definition) is 3. The van der Waals surface area contributed by atoms with Crippen LogP contribution in [0.5, 0.6) is 0 Å². The number of thiophene rings is 1. The summed E-state index contributed by atoms with van der Waals surface area (Å²) in [6.07, 6.45) is 3.14. The minimum atomic E-state index is -0.240. The maximum absolute atomic E-state index is 2.73. The molecule has 2 aliphatic rings. The van der Waals surface area contributed by atoms with E-state index in [-0.39, 0.29) is 12.1 Å². The minimum Gasteiger partial charge on any atom is -0.311 e. The Kier molecular flexibility index (Phi) is 11.5. The van der Waals surface area contributed by atoms with Crippen molar-refractivity contribution in [2.75, 3.05) is 9.80 Å². The summed E-state index contributed by atoms with van der Waals surface area (Å²) in [6.45, 7) is 9.37. The predicted octanol–water partition coefficient (Wildman–Crippen LogP) is 20.3. The lowest BCUT2D eigenvalue weighted by Crippen LogP contribution is -2.61. The number of hydrogen-bond donors (Lipinski definition) is 0. The van der Waals surface area contributed by atoms with E-state index in [1.54, 1.807) is 0 Å². The third-order valence-electron chi connectivity index (χ3n) is 18.6.